The van der Waals surface area contributed by atoms with Crippen molar-refractivity contribution in [1.29, 1.82) is 0 Å². The third-order valence-corrected chi connectivity index (χ3v) is 3.81. The molecule has 0 atom stereocenters. The van der Waals surface area contributed by atoms with Crippen LogP contribution in [0.3, 0.4) is 0 Å². The van der Waals surface area contributed by atoms with E-state index >= 15 is 0 Å². The van der Waals surface area contributed by atoms with Crippen molar-refractivity contribution < 1.29 is 9.53 Å². The molecule has 0 aliphatic rings. The zero-order valence-corrected chi connectivity index (χ0v) is 13.9. The normalized spacial score (nSPS) is 10.6. The molecule has 1 aromatic heterocycles. The molecule has 3 aromatic rings. The number of urea groups is 1. The highest BCUT2D eigenvalue weighted by molar-refractivity contribution is 6.06. The second kappa shape index (κ2) is 7.08. The fraction of sp³-hybridized carbons (Fsp3) is 0.211. The van der Waals surface area contributed by atoms with Crippen molar-refractivity contribution in [1.82, 2.24) is 4.57 Å². The van der Waals surface area contributed by atoms with E-state index in [1.807, 2.05) is 61.7 Å². The predicted molar refractivity (Wildman–Crippen MR) is 97.9 cm³/mol. The number of benzene rings is 2. The predicted octanol–water partition coefficient (Wildman–Crippen LogP) is 4.70. The van der Waals surface area contributed by atoms with Gasteiger partial charge in [-0.1, -0.05) is 30.3 Å². The van der Waals surface area contributed by atoms with Crippen LogP contribution in [0.25, 0.3) is 10.9 Å². The number of aromatic nitrogens is 1. The molecule has 0 saturated carbocycles. The molecular weight excluding hydrogens is 302 g/mol. The molecule has 2 amide bonds. The summed E-state index contributed by atoms with van der Waals surface area (Å²) in [5.74, 6) is 0.658. The fourth-order valence-electron chi connectivity index (χ4n) is 2.74. The third kappa shape index (κ3) is 3.20. The van der Waals surface area contributed by atoms with Crippen LogP contribution in [-0.2, 0) is 6.54 Å². The number of hydrogen-bond donors (Lipinski definition) is 2. The number of nitrogens with zero attached hydrogens (tertiary/aromatic N) is 1. The number of amides is 2. The van der Waals surface area contributed by atoms with Crippen molar-refractivity contribution in [3.8, 4) is 5.75 Å². The minimum absolute atomic E-state index is 0.291. The van der Waals surface area contributed by atoms with Gasteiger partial charge in [0.25, 0.3) is 0 Å². The first-order chi connectivity index (χ1) is 11.7. The number of fused-ring (bicyclic) bond motifs is 1. The molecule has 2 aromatic carbocycles. The van der Waals surface area contributed by atoms with Gasteiger partial charge in [0, 0.05) is 18.1 Å². The van der Waals surface area contributed by atoms with Gasteiger partial charge in [-0.2, -0.15) is 0 Å². The van der Waals surface area contributed by atoms with Gasteiger partial charge in [0.2, 0.25) is 0 Å². The number of anilines is 2. The quantitative estimate of drug-likeness (QED) is 0.715. The van der Waals surface area contributed by atoms with Gasteiger partial charge in [0.15, 0.2) is 0 Å². The van der Waals surface area contributed by atoms with Crippen LogP contribution in [0.1, 0.15) is 13.8 Å². The summed E-state index contributed by atoms with van der Waals surface area (Å²) in [6.45, 7) is 5.38. The summed E-state index contributed by atoms with van der Waals surface area (Å²) in [4.78, 5) is 12.4. The third-order valence-electron chi connectivity index (χ3n) is 3.81. The first-order valence-electron chi connectivity index (χ1n) is 8.10. The zero-order chi connectivity index (χ0) is 16.9. The Kier molecular flexibility index (Phi) is 4.70. The minimum Gasteiger partial charge on any atom is -0.492 e. The lowest BCUT2D eigenvalue weighted by atomic mass is 10.2. The lowest BCUT2D eigenvalue weighted by molar-refractivity contribution is 0.262. The Labute approximate surface area is 141 Å². The van der Waals surface area contributed by atoms with Crippen molar-refractivity contribution in [3.63, 3.8) is 0 Å². The number of carbonyl (C=O) groups excluding carboxylic acids is 1. The Balaban J connectivity index is 1.81. The van der Waals surface area contributed by atoms with Gasteiger partial charge < -0.3 is 19.9 Å². The average molecular weight is 323 g/mol. The van der Waals surface area contributed by atoms with E-state index in [-0.39, 0.29) is 6.03 Å². The summed E-state index contributed by atoms with van der Waals surface area (Å²) < 4.78 is 7.64. The molecule has 0 saturated heterocycles. The number of hydrogen-bond acceptors (Lipinski definition) is 2. The van der Waals surface area contributed by atoms with Crippen LogP contribution in [0.4, 0.5) is 16.2 Å². The summed E-state index contributed by atoms with van der Waals surface area (Å²) in [6, 6.07) is 15.1. The van der Waals surface area contributed by atoms with E-state index in [4.69, 9.17) is 4.74 Å². The lowest BCUT2D eigenvalue weighted by Gasteiger charge is -2.11. The Bertz CT molecular complexity index is 855. The number of carbonyl (C=O) groups is 1. The molecule has 0 radical (unpaired) electrons. The molecular formula is C19H21N3O2. The van der Waals surface area contributed by atoms with E-state index in [2.05, 4.69) is 22.1 Å². The first-order valence-corrected chi connectivity index (χ1v) is 8.10. The standard InChI is InChI=1S/C19H21N3O2/c1-3-22-13-16(14-9-5-7-11-17(14)22)21-19(23)20-15-10-6-8-12-18(15)24-4-2/h5-13H,3-4H2,1-2H3,(H2,20,21,23). The van der Waals surface area contributed by atoms with E-state index < -0.39 is 0 Å². The van der Waals surface area contributed by atoms with Crippen LogP contribution in [0.15, 0.2) is 54.7 Å². The highest BCUT2D eigenvalue weighted by atomic mass is 16.5. The summed E-state index contributed by atoms with van der Waals surface area (Å²) in [5.41, 5.74) is 2.54. The highest BCUT2D eigenvalue weighted by Crippen LogP contribution is 2.27. The second-order valence-corrected chi connectivity index (χ2v) is 5.35. The van der Waals surface area contributed by atoms with Crippen molar-refractivity contribution in [2.75, 3.05) is 17.2 Å². The SMILES string of the molecule is CCOc1ccccc1NC(=O)Nc1cn(CC)c2ccccc12. The van der Waals surface area contributed by atoms with Crippen LogP contribution in [0.2, 0.25) is 0 Å². The largest absolute Gasteiger partial charge is 0.492 e. The summed E-state index contributed by atoms with van der Waals surface area (Å²) in [7, 11) is 0. The summed E-state index contributed by atoms with van der Waals surface area (Å²) in [5, 5.41) is 6.80. The van der Waals surface area contributed by atoms with Crippen LogP contribution < -0.4 is 15.4 Å². The Hall–Kier alpha value is -2.95. The van der Waals surface area contributed by atoms with Crippen LogP contribution in [0.5, 0.6) is 5.75 Å². The molecule has 5 nitrogen and oxygen atoms in total. The maximum Gasteiger partial charge on any atom is 0.323 e. The number of ether oxygens (including phenoxy) is 1. The summed E-state index contributed by atoms with van der Waals surface area (Å²) in [6.07, 6.45) is 1.96. The maximum atomic E-state index is 12.4. The topological polar surface area (TPSA) is 55.3 Å². The van der Waals surface area contributed by atoms with E-state index in [0.29, 0.717) is 18.0 Å². The molecule has 3 rings (SSSR count). The van der Waals surface area contributed by atoms with Gasteiger partial charge in [-0.15, -0.1) is 0 Å². The molecule has 24 heavy (non-hydrogen) atoms. The first kappa shape index (κ1) is 15.9. The minimum atomic E-state index is -0.291. The van der Waals surface area contributed by atoms with Crippen molar-refractivity contribution in [2.24, 2.45) is 0 Å². The molecule has 5 heteroatoms. The maximum absolute atomic E-state index is 12.4. The molecule has 124 valence electrons. The smallest absolute Gasteiger partial charge is 0.323 e. The molecule has 0 spiro atoms. The Morgan fingerprint density at radius 2 is 1.71 bits per heavy atom. The molecule has 0 unspecified atom stereocenters. The van der Waals surface area contributed by atoms with Crippen LogP contribution >= 0.6 is 0 Å². The van der Waals surface area contributed by atoms with Gasteiger partial charge in [-0.25, -0.2) is 4.79 Å². The van der Waals surface area contributed by atoms with Crippen LogP contribution in [0, 0.1) is 0 Å². The number of para-hydroxylation sites is 3. The van der Waals surface area contributed by atoms with Gasteiger partial charge in [-0.05, 0) is 32.0 Å². The van der Waals surface area contributed by atoms with Crippen molar-refractivity contribution >= 4 is 28.3 Å². The number of nitrogens with one attached hydrogen (secondary N) is 2. The van der Waals surface area contributed by atoms with E-state index in [0.717, 1.165) is 23.1 Å². The van der Waals surface area contributed by atoms with E-state index in [1.165, 1.54) is 0 Å². The van der Waals surface area contributed by atoms with Gasteiger partial charge >= 0.3 is 6.03 Å². The van der Waals surface area contributed by atoms with E-state index in [9.17, 15) is 4.79 Å². The molecule has 2 N–H and O–H groups in total. The lowest BCUT2D eigenvalue weighted by Crippen LogP contribution is -2.19. The molecule has 0 aliphatic heterocycles. The van der Waals surface area contributed by atoms with Crippen LogP contribution in [-0.4, -0.2) is 17.2 Å². The Morgan fingerprint density at radius 3 is 2.50 bits per heavy atom. The average Bonchev–Trinajstić information content (AvgIpc) is 2.95. The number of rotatable bonds is 5. The highest BCUT2D eigenvalue weighted by Gasteiger charge is 2.11. The molecule has 0 fully saturated rings. The van der Waals surface area contributed by atoms with Crippen molar-refractivity contribution in [2.45, 2.75) is 20.4 Å². The monoisotopic (exact) mass is 323 g/mol. The molecule has 0 aliphatic carbocycles. The zero-order valence-electron chi connectivity index (χ0n) is 13.9. The van der Waals surface area contributed by atoms with Crippen molar-refractivity contribution in [3.05, 3.63) is 54.7 Å². The number of aryl methyl sites for hydroxylation is 1. The fourth-order valence-corrected chi connectivity index (χ4v) is 2.74. The molecule has 1 heterocycles. The summed E-state index contributed by atoms with van der Waals surface area (Å²) >= 11 is 0. The van der Waals surface area contributed by atoms with Gasteiger partial charge in [0.1, 0.15) is 5.75 Å². The Morgan fingerprint density at radius 1 is 1.00 bits per heavy atom. The van der Waals surface area contributed by atoms with Gasteiger partial charge in [0.05, 0.1) is 23.5 Å². The van der Waals surface area contributed by atoms with E-state index in [1.54, 1.807) is 0 Å². The van der Waals surface area contributed by atoms with Gasteiger partial charge in [-0.3, -0.25) is 0 Å². The second-order valence-electron chi connectivity index (χ2n) is 5.35. The molecule has 0 bridgehead atoms.